The Kier molecular flexibility index (Phi) is 7.14. The summed E-state index contributed by atoms with van der Waals surface area (Å²) >= 11 is 0. The Labute approximate surface area is 194 Å². The number of aromatic nitrogens is 2. The van der Waals surface area contributed by atoms with Crippen LogP contribution in [-0.2, 0) is 19.3 Å². The normalized spacial score (nSPS) is 13.6. The first-order valence-corrected chi connectivity index (χ1v) is 11.2. The van der Waals surface area contributed by atoms with Gasteiger partial charge in [-0.15, -0.1) is 0 Å². The maximum absolute atomic E-state index is 13.0. The number of furan rings is 1. The van der Waals surface area contributed by atoms with Crippen molar-refractivity contribution in [3.8, 4) is 11.5 Å². The second-order valence-corrected chi connectivity index (χ2v) is 8.02. The van der Waals surface area contributed by atoms with E-state index in [1.807, 2.05) is 6.92 Å². The molecule has 7 nitrogen and oxygen atoms in total. The minimum absolute atomic E-state index is 0.141. The second-order valence-electron chi connectivity index (χ2n) is 8.02. The molecule has 1 fully saturated rings. The lowest BCUT2D eigenvalue weighted by atomic mass is 10.2. The first-order chi connectivity index (χ1) is 16.3. The zero-order valence-corrected chi connectivity index (χ0v) is 18.7. The molecule has 0 spiro atoms. The number of aryl methyl sites for hydroxylation is 1. The lowest BCUT2D eigenvalue weighted by Gasteiger charge is -2.08. The van der Waals surface area contributed by atoms with Crippen LogP contribution in [0.25, 0.3) is 0 Å². The number of halogens is 3. The van der Waals surface area contributed by atoms with Gasteiger partial charge in [-0.2, -0.15) is 18.3 Å². The van der Waals surface area contributed by atoms with Crippen LogP contribution in [0.3, 0.4) is 0 Å². The molecule has 0 bridgehead atoms. The Morgan fingerprint density at radius 2 is 1.85 bits per heavy atom. The zero-order chi connectivity index (χ0) is 24.1. The summed E-state index contributed by atoms with van der Waals surface area (Å²) in [5, 5.41) is 6.44. The highest BCUT2D eigenvalue weighted by Crippen LogP contribution is 2.42. The molecule has 182 valence electrons. The van der Waals surface area contributed by atoms with Gasteiger partial charge in [-0.25, -0.2) is 0 Å². The van der Waals surface area contributed by atoms with E-state index in [2.05, 4.69) is 10.4 Å². The Bertz CT molecular complexity index is 1100. The number of carbonyl (C=O) groups is 1. The van der Waals surface area contributed by atoms with Crippen molar-refractivity contribution in [2.24, 2.45) is 0 Å². The van der Waals surface area contributed by atoms with Gasteiger partial charge in [0, 0.05) is 24.7 Å². The van der Waals surface area contributed by atoms with Crippen LogP contribution in [-0.4, -0.2) is 28.8 Å². The molecule has 1 aromatic carbocycles. The number of hydrogen-bond acceptors (Lipinski definition) is 5. The average molecular weight is 477 g/mol. The molecule has 2 aromatic heterocycles. The van der Waals surface area contributed by atoms with Crippen LogP contribution in [0, 0.1) is 0 Å². The fourth-order valence-electron chi connectivity index (χ4n) is 3.51. The fourth-order valence-corrected chi connectivity index (χ4v) is 3.51. The van der Waals surface area contributed by atoms with Gasteiger partial charge in [0.1, 0.15) is 23.9 Å². The lowest BCUT2D eigenvalue weighted by molar-refractivity contribution is -0.141. The van der Waals surface area contributed by atoms with E-state index in [9.17, 15) is 18.0 Å². The van der Waals surface area contributed by atoms with Gasteiger partial charge >= 0.3 is 6.18 Å². The Hall–Kier alpha value is -3.43. The molecule has 1 aliphatic carbocycles. The van der Waals surface area contributed by atoms with Gasteiger partial charge in [-0.3, -0.25) is 9.48 Å². The highest BCUT2D eigenvalue weighted by molar-refractivity contribution is 5.91. The number of nitrogens with one attached hydrogen (secondary N) is 1. The summed E-state index contributed by atoms with van der Waals surface area (Å²) in [6.07, 6.45) is -2.26. The van der Waals surface area contributed by atoms with Gasteiger partial charge in [-0.05, 0) is 68.7 Å². The third kappa shape index (κ3) is 6.12. The van der Waals surface area contributed by atoms with Crippen molar-refractivity contribution >= 4 is 5.91 Å². The van der Waals surface area contributed by atoms with Crippen molar-refractivity contribution in [2.45, 2.75) is 51.4 Å². The SMILES string of the molecule is CCOc1ccc(OCc2ccc(C(=O)NCCCn3nc(C(F)(F)F)cc3C3CC3)o2)cc1. The zero-order valence-electron chi connectivity index (χ0n) is 18.7. The van der Waals surface area contributed by atoms with Gasteiger partial charge in [0.2, 0.25) is 0 Å². The molecule has 0 aliphatic heterocycles. The molecule has 1 N–H and O–H groups in total. The summed E-state index contributed by atoms with van der Waals surface area (Å²) < 4.78 is 57.0. The molecular weight excluding hydrogens is 451 g/mol. The number of amides is 1. The number of benzene rings is 1. The predicted molar refractivity (Wildman–Crippen MR) is 117 cm³/mol. The number of alkyl halides is 3. The van der Waals surface area contributed by atoms with Crippen molar-refractivity contribution in [2.75, 3.05) is 13.2 Å². The highest BCUT2D eigenvalue weighted by atomic mass is 19.4. The Balaban J connectivity index is 1.22. The second kappa shape index (κ2) is 10.2. The van der Waals surface area contributed by atoms with Gasteiger partial charge in [0.05, 0.1) is 6.61 Å². The highest BCUT2D eigenvalue weighted by Gasteiger charge is 2.37. The molecule has 0 radical (unpaired) electrons. The third-order valence-electron chi connectivity index (χ3n) is 5.33. The van der Waals surface area contributed by atoms with Gasteiger partial charge in [-0.1, -0.05) is 0 Å². The van der Waals surface area contributed by atoms with E-state index < -0.39 is 17.8 Å². The van der Waals surface area contributed by atoms with E-state index in [-0.39, 0.29) is 24.8 Å². The van der Waals surface area contributed by atoms with Crippen LogP contribution in [0.1, 0.15) is 59.8 Å². The van der Waals surface area contributed by atoms with Crippen LogP contribution < -0.4 is 14.8 Å². The van der Waals surface area contributed by atoms with Crippen molar-refractivity contribution in [1.29, 1.82) is 0 Å². The van der Waals surface area contributed by atoms with E-state index in [1.165, 1.54) is 4.68 Å². The fraction of sp³-hybridized carbons (Fsp3) is 0.417. The van der Waals surface area contributed by atoms with Crippen LogP contribution in [0.5, 0.6) is 11.5 Å². The van der Waals surface area contributed by atoms with Gasteiger partial charge in [0.15, 0.2) is 11.5 Å². The number of nitrogens with zero attached hydrogens (tertiary/aromatic N) is 2. The predicted octanol–water partition coefficient (Wildman–Crippen LogP) is 5.17. The average Bonchev–Trinajstić information content (AvgIpc) is 3.37. The van der Waals surface area contributed by atoms with E-state index in [1.54, 1.807) is 36.4 Å². The summed E-state index contributed by atoms with van der Waals surface area (Å²) in [6.45, 7) is 3.23. The molecule has 4 rings (SSSR count). The molecule has 2 heterocycles. The van der Waals surface area contributed by atoms with Crippen LogP contribution in [0.2, 0.25) is 0 Å². The Morgan fingerprint density at radius 3 is 2.50 bits per heavy atom. The maximum atomic E-state index is 13.0. The first kappa shape index (κ1) is 23.7. The van der Waals surface area contributed by atoms with Crippen molar-refractivity contribution in [1.82, 2.24) is 15.1 Å². The standard InChI is InChI=1S/C24H26F3N3O4/c1-2-32-17-6-8-18(9-7-17)33-15-19-10-11-21(34-19)23(31)28-12-3-13-30-20(16-4-5-16)14-22(29-30)24(25,26)27/h6-11,14,16H,2-5,12-13,15H2,1H3,(H,28,31). The smallest absolute Gasteiger partial charge is 0.435 e. The van der Waals surface area contributed by atoms with Crippen molar-refractivity contribution in [3.63, 3.8) is 0 Å². The topological polar surface area (TPSA) is 78.5 Å². The molecule has 1 saturated carbocycles. The largest absolute Gasteiger partial charge is 0.494 e. The number of carbonyl (C=O) groups excluding carboxylic acids is 1. The molecule has 1 amide bonds. The monoisotopic (exact) mass is 477 g/mol. The van der Waals surface area contributed by atoms with Gasteiger partial charge in [0.25, 0.3) is 5.91 Å². The summed E-state index contributed by atoms with van der Waals surface area (Å²) in [4.78, 5) is 12.3. The lowest BCUT2D eigenvalue weighted by Crippen LogP contribution is -2.25. The van der Waals surface area contributed by atoms with E-state index in [0.717, 1.165) is 24.7 Å². The van der Waals surface area contributed by atoms with Crippen LogP contribution >= 0.6 is 0 Å². The maximum Gasteiger partial charge on any atom is 0.435 e. The van der Waals surface area contributed by atoms with E-state index in [0.29, 0.717) is 36.8 Å². The molecule has 10 heteroatoms. The van der Waals surface area contributed by atoms with E-state index in [4.69, 9.17) is 13.9 Å². The van der Waals surface area contributed by atoms with E-state index >= 15 is 0 Å². The minimum Gasteiger partial charge on any atom is -0.494 e. The molecular formula is C24H26F3N3O4. The molecule has 0 atom stereocenters. The number of ether oxygens (including phenoxy) is 2. The summed E-state index contributed by atoms with van der Waals surface area (Å²) in [7, 11) is 0. The van der Waals surface area contributed by atoms with Crippen LogP contribution in [0.4, 0.5) is 13.2 Å². The summed E-state index contributed by atoms with van der Waals surface area (Å²) in [6, 6.07) is 11.5. The Morgan fingerprint density at radius 1 is 1.15 bits per heavy atom. The van der Waals surface area contributed by atoms with Gasteiger partial charge < -0.3 is 19.2 Å². The minimum atomic E-state index is -4.46. The molecule has 3 aromatic rings. The summed E-state index contributed by atoms with van der Waals surface area (Å²) in [5.74, 6) is 1.77. The van der Waals surface area contributed by atoms with Crippen molar-refractivity contribution < 1.29 is 31.9 Å². The molecule has 34 heavy (non-hydrogen) atoms. The molecule has 0 unspecified atom stereocenters. The third-order valence-corrected chi connectivity index (χ3v) is 5.33. The summed E-state index contributed by atoms with van der Waals surface area (Å²) in [5.41, 5.74) is -0.254. The quantitative estimate of drug-likeness (QED) is 0.386. The number of rotatable bonds is 11. The van der Waals surface area contributed by atoms with Crippen LogP contribution in [0.15, 0.2) is 46.9 Å². The molecule has 0 saturated heterocycles. The molecule has 1 aliphatic rings. The number of hydrogen-bond donors (Lipinski definition) is 1. The van der Waals surface area contributed by atoms with Crippen molar-refractivity contribution in [3.05, 3.63) is 65.4 Å². The first-order valence-electron chi connectivity index (χ1n) is 11.2.